The van der Waals surface area contributed by atoms with E-state index in [0.29, 0.717) is 38.5 Å². The first kappa shape index (κ1) is 19.6. The van der Waals surface area contributed by atoms with E-state index in [9.17, 15) is 18.3 Å². The Kier molecular flexibility index (Phi) is 5.09. The van der Waals surface area contributed by atoms with Gasteiger partial charge in [-0.15, -0.1) is 11.3 Å². The van der Waals surface area contributed by atoms with Crippen LogP contribution >= 0.6 is 34.5 Å². The molecule has 4 rings (SSSR count). The molecule has 28 heavy (non-hydrogen) atoms. The van der Waals surface area contributed by atoms with Gasteiger partial charge in [-0.2, -0.15) is 4.31 Å². The van der Waals surface area contributed by atoms with Crippen LogP contribution in [0.5, 0.6) is 0 Å². The van der Waals surface area contributed by atoms with Crippen molar-refractivity contribution in [1.29, 1.82) is 0 Å². The van der Waals surface area contributed by atoms with Crippen LogP contribution in [0.1, 0.15) is 23.2 Å². The van der Waals surface area contributed by atoms with E-state index in [1.165, 1.54) is 28.6 Å². The molecule has 1 aromatic carbocycles. The van der Waals surface area contributed by atoms with Gasteiger partial charge in [-0.3, -0.25) is 0 Å². The highest BCUT2D eigenvalue weighted by Crippen LogP contribution is 2.38. The summed E-state index contributed by atoms with van der Waals surface area (Å²) in [5, 5.41) is 9.95. The number of aromatic nitrogens is 1. The molecule has 2 aromatic heterocycles. The fraction of sp³-hybridized carbons (Fsp3) is 0.222. The molecule has 0 unspecified atom stereocenters. The van der Waals surface area contributed by atoms with Crippen LogP contribution in [0.15, 0.2) is 35.2 Å². The summed E-state index contributed by atoms with van der Waals surface area (Å²) in [6.07, 6.45) is 1.64. The van der Waals surface area contributed by atoms with Crippen LogP contribution in [0.4, 0.5) is 0 Å². The van der Waals surface area contributed by atoms with Gasteiger partial charge < -0.3 is 5.11 Å². The number of carboxylic acids is 1. The minimum atomic E-state index is -3.66. The standard InChI is InChI=1S/C18H14Cl2N2O4S2/c19-16-9-13(17(20)27-16)15-8-12(18(23)24)11-7-10(3-4-14(11)21-15)28(25,26)22-5-1-2-6-22/h3-4,7-9H,1-2,5-6H2,(H,23,24). The molecule has 3 heterocycles. The first-order chi connectivity index (χ1) is 13.3. The van der Waals surface area contributed by atoms with Crippen LogP contribution in [-0.2, 0) is 10.0 Å². The number of halogens is 2. The molecule has 1 fully saturated rings. The average Bonchev–Trinajstić information content (AvgIpc) is 3.30. The number of rotatable bonds is 4. The van der Waals surface area contributed by atoms with Crippen LogP contribution in [-0.4, -0.2) is 41.9 Å². The van der Waals surface area contributed by atoms with Crippen molar-refractivity contribution in [2.24, 2.45) is 0 Å². The molecule has 0 amide bonds. The van der Waals surface area contributed by atoms with Gasteiger partial charge in [0.05, 0.1) is 26.0 Å². The van der Waals surface area contributed by atoms with E-state index >= 15 is 0 Å². The Morgan fingerprint density at radius 2 is 1.86 bits per heavy atom. The van der Waals surface area contributed by atoms with Gasteiger partial charge in [0.25, 0.3) is 0 Å². The van der Waals surface area contributed by atoms with Crippen molar-refractivity contribution in [2.45, 2.75) is 17.7 Å². The SMILES string of the molecule is O=C(O)c1cc(-c2cc(Cl)sc2Cl)nc2ccc(S(=O)(=O)N3CCCC3)cc12. The predicted molar refractivity (Wildman–Crippen MR) is 110 cm³/mol. The number of carboxylic acid groups (broad SMARTS) is 1. The largest absolute Gasteiger partial charge is 0.478 e. The zero-order chi connectivity index (χ0) is 20.1. The zero-order valence-electron chi connectivity index (χ0n) is 14.4. The Bertz CT molecular complexity index is 1200. The molecule has 10 heteroatoms. The summed E-state index contributed by atoms with van der Waals surface area (Å²) in [7, 11) is -3.66. The zero-order valence-corrected chi connectivity index (χ0v) is 17.5. The van der Waals surface area contributed by atoms with E-state index < -0.39 is 16.0 Å². The molecule has 1 saturated heterocycles. The van der Waals surface area contributed by atoms with E-state index in [1.54, 1.807) is 6.07 Å². The molecule has 1 aliphatic heterocycles. The predicted octanol–water partition coefficient (Wildman–Crippen LogP) is 4.75. The molecule has 6 nitrogen and oxygen atoms in total. The van der Waals surface area contributed by atoms with Crippen molar-refractivity contribution in [3.8, 4) is 11.3 Å². The maximum Gasteiger partial charge on any atom is 0.336 e. The molecule has 146 valence electrons. The number of hydrogen-bond acceptors (Lipinski definition) is 5. The molecular weight excluding hydrogens is 443 g/mol. The summed E-state index contributed by atoms with van der Waals surface area (Å²) in [6.45, 7) is 0.946. The number of benzene rings is 1. The van der Waals surface area contributed by atoms with Gasteiger partial charge in [0.2, 0.25) is 10.0 Å². The Morgan fingerprint density at radius 1 is 1.14 bits per heavy atom. The summed E-state index contributed by atoms with van der Waals surface area (Å²) in [6, 6.07) is 7.38. The van der Waals surface area contributed by atoms with Crippen molar-refractivity contribution < 1.29 is 18.3 Å². The Morgan fingerprint density at radius 3 is 2.46 bits per heavy atom. The number of fused-ring (bicyclic) bond motifs is 1. The molecule has 0 spiro atoms. The third-order valence-electron chi connectivity index (χ3n) is 4.65. The molecule has 0 radical (unpaired) electrons. The lowest BCUT2D eigenvalue weighted by atomic mass is 10.1. The molecule has 0 bridgehead atoms. The highest BCUT2D eigenvalue weighted by Gasteiger charge is 2.28. The maximum absolute atomic E-state index is 12.8. The second kappa shape index (κ2) is 7.27. The highest BCUT2D eigenvalue weighted by atomic mass is 35.5. The van der Waals surface area contributed by atoms with Crippen molar-refractivity contribution in [3.63, 3.8) is 0 Å². The van der Waals surface area contributed by atoms with E-state index in [0.717, 1.165) is 24.2 Å². The van der Waals surface area contributed by atoms with Gasteiger partial charge in [-0.25, -0.2) is 18.2 Å². The number of pyridine rings is 1. The summed E-state index contributed by atoms with van der Waals surface area (Å²) in [5.74, 6) is -1.18. The third-order valence-corrected chi connectivity index (χ3v) is 8.03. The number of carbonyl (C=O) groups is 1. The lowest BCUT2D eigenvalue weighted by Crippen LogP contribution is -2.27. The average molecular weight is 457 g/mol. The first-order valence-corrected chi connectivity index (χ1v) is 11.4. The number of hydrogen-bond donors (Lipinski definition) is 1. The van der Waals surface area contributed by atoms with Crippen molar-refractivity contribution in [3.05, 3.63) is 44.6 Å². The van der Waals surface area contributed by atoms with E-state index in [4.69, 9.17) is 23.2 Å². The highest BCUT2D eigenvalue weighted by molar-refractivity contribution is 7.89. The Labute approximate surface area is 175 Å². The second-order valence-corrected chi connectivity index (χ2v) is 10.6. The van der Waals surface area contributed by atoms with Gasteiger partial charge in [0.15, 0.2) is 0 Å². The summed E-state index contributed by atoms with van der Waals surface area (Å²) < 4.78 is 27.9. The van der Waals surface area contributed by atoms with Crippen molar-refractivity contribution in [1.82, 2.24) is 9.29 Å². The Hall–Kier alpha value is -1.71. The minimum Gasteiger partial charge on any atom is -0.478 e. The normalized spacial score (nSPS) is 15.4. The lowest BCUT2D eigenvalue weighted by molar-refractivity contribution is 0.0699. The van der Waals surface area contributed by atoms with Crippen LogP contribution in [0.25, 0.3) is 22.2 Å². The molecule has 0 aliphatic carbocycles. The number of thiophene rings is 1. The quantitative estimate of drug-likeness (QED) is 0.611. The van der Waals surface area contributed by atoms with Gasteiger partial charge >= 0.3 is 5.97 Å². The second-order valence-electron chi connectivity index (χ2n) is 6.39. The third kappa shape index (κ3) is 3.40. The van der Waals surface area contributed by atoms with E-state index in [1.807, 2.05) is 0 Å². The summed E-state index contributed by atoms with van der Waals surface area (Å²) in [5.41, 5.74) is 1.23. The summed E-state index contributed by atoms with van der Waals surface area (Å²) >= 11 is 13.3. The molecule has 1 N–H and O–H groups in total. The van der Waals surface area contributed by atoms with Gasteiger partial charge in [0, 0.05) is 24.0 Å². The fourth-order valence-corrected chi connectivity index (χ4v) is 6.30. The summed E-state index contributed by atoms with van der Waals surface area (Å²) in [4.78, 5) is 16.4. The first-order valence-electron chi connectivity index (χ1n) is 8.41. The van der Waals surface area contributed by atoms with Gasteiger partial charge in [-0.05, 0) is 43.2 Å². The minimum absolute atomic E-state index is 0.0446. The maximum atomic E-state index is 12.8. The topological polar surface area (TPSA) is 87.6 Å². The Balaban J connectivity index is 1.90. The van der Waals surface area contributed by atoms with Gasteiger partial charge in [0.1, 0.15) is 4.34 Å². The molecule has 1 aliphatic rings. The van der Waals surface area contributed by atoms with Crippen LogP contribution in [0.2, 0.25) is 8.67 Å². The fourth-order valence-electron chi connectivity index (χ4n) is 3.27. The van der Waals surface area contributed by atoms with Gasteiger partial charge in [-0.1, -0.05) is 23.2 Å². The molecular formula is C18H14Cl2N2O4S2. The van der Waals surface area contributed by atoms with E-state index in [2.05, 4.69) is 4.98 Å². The lowest BCUT2D eigenvalue weighted by Gasteiger charge is -2.16. The number of nitrogens with zero attached hydrogens (tertiary/aromatic N) is 2. The molecule has 3 aromatic rings. The number of sulfonamides is 1. The van der Waals surface area contributed by atoms with Crippen LogP contribution in [0, 0.1) is 0 Å². The monoisotopic (exact) mass is 456 g/mol. The van der Waals surface area contributed by atoms with Crippen molar-refractivity contribution in [2.75, 3.05) is 13.1 Å². The van der Waals surface area contributed by atoms with Crippen molar-refractivity contribution >= 4 is 61.4 Å². The number of aromatic carboxylic acids is 1. The molecule has 0 saturated carbocycles. The van der Waals surface area contributed by atoms with Crippen LogP contribution < -0.4 is 0 Å². The van der Waals surface area contributed by atoms with Crippen LogP contribution in [0.3, 0.4) is 0 Å². The smallest absolute Gasteiger partial charge is 0.336 e. The molecule has 0 atom stereocenters. The van der Waals surface area contributed by atoms with E-state index in [-0.39, 0.29) is 15.8 Å².